The maximum Gasteiger partial charge on any atom is -0.0348 e. The Morgan fingerprint density at radius 1 is 0.600 bits per heavy atom. The summed E-state index contributed by atoms with van der Waals surface area (Å²) >= 11 is 0. The molecule has 0 bridgehead atoms. The molecule has 0 aromatic carbocycles. The number of allylic oxidation sites excluding steroid dienone is 5. The van der Waals surface area contributed by atoms with Crippen molar-refractivity contribution < 1.29 is 0 Å². The van der Waals surface area contributed by atoms with E-state index < -0.39 is 0 Å². The average Bonchev–Trinajstić information content (AvgIpc) is 2.47. The molecule has 0 aromatic heterocycles. The van der Waals surface area contributed by atoms with Gasteiger partial charge in [-0.15, -0.1) is 0 Å². The van der Waals surface area contributed by atoms with E-state index in [1.54, 1.807) is 0 Å². The zero-order chi connectivity index (χ0) is 14.7. The van der Waals surface area contributed by atoms with Crippen LogP contribution in [0.25, 0.3) is 0 Å². The van der Waals surface area contributed by atoms with Crippen LogP contribution in [-0.2, 0) is 0 Å². The van der Waals surface area contributed by atoms with Crippen LogP contribution in [-0.4, -0.2) is 0 Å². The number of hydrogen-bond donors (Lipinski definition) is 0. The first kappa shape index (κ1) is 19.2. The Hall–Kier alpha value is -0.780. The minimum absolute atomic E-state index is 1.19. The lowest BCUT2D eigenvalue weighted by molar-refractivity contribution is 0.577. The summed E-state index contributed by atoms with van der Waals surface area (Å²) in [7, 11) is 0. The molecule has 0 amide bonds. The highest BCUT2D eigenvalue weighted by Gasteiger charge is 1.90. The molecule has 0 fully saturated rings. The summed E-state index contributed by atoms with van der Waals surface area (Å²) in [6.07, 6.45) is 28.5. The lowest BCUT2D eigenvalue weighted by Gasteiger charge is -1.99. The van der Waals surface area contributed by atoms with E-state index in [4.69, 9.17) is 0 Å². The van der Waals surface area contributed by atoms with Crippen molar-refractivity contribution >= 4 is 0 Å². The molecule has 116 valence electrons. The second kappa shape index (κ2) is 18.2. The fourth-order valence-corrected chi connectivity index (χ4v) is 2.35. The second-order valence-electron chi connectivity index (χ2n) is 5.68. The minimum atomic E-state index is 1.19. The van der Waals surface area contributed by atoms with Crippen molar-refractivity contribution in [2.75, 3.05) is 0 Å². The molecule has 0 aliphatic heterocycles. The predicted molar refractivity (Wildman–Crippen MR) is 94.2 cm³/mol. The number of unbranched alkanes of at least 4 members (excludes halogenated alkanes) is 11. The molecule has 0 radical (unpaired) electrons. The Morgan fingerprint density at radius 3 is 1.60 bits per heavy atom. The van der Waals surface area contributed by atoms with Gasteiger partial charge in [-0.05, 0) is 38.5 Å². The Labute approximate surface area is 128 Å². The third-order valence-electron chi connectivity index (χ3n) is 3.65. The lowest BCUT2D eigenvalue weighted by atomic mass is 10.1. The van der Waals surface area contributed by atoms with E-state index in [9.17, 15) is 0 Å². The summed E-state index contributed by atoms with van der Waals surface area (Å²) in [4.78, 5) is 0. The fraction of sp³-hybridized carbons (Fsp3) is 0.700. The summed E-state index contributed by atoms with van der Waals surface area (Å²) in [6, 6.07) is 0. The standard InChI is InChI=1S/C20H36/c1-3-5-7-9-11-13-15-17-19-20-18-16-14-12-10-8-6-4-2/h3,5,7,17,19H,1,4,6,8-16,18,20H2,2H3/b7-5-,19-17?. The largest absolute Gasteiger partial charge is 0.0991 e. The van der Waals surface area contributed by atoms with Crippen molar-refractivity contribution in [2.45, 2.75) is 90.4 Å². The smallest absolute Gasteiger partial charge is 0.0348 e. The van der Waals surface area contributed by atoms with Crippen LogP contribution >= 0.6 is 0 Å². The predicted octanol–water partition coefficient (Wildman–Crippen LogP) is 7.38. The molecule has 0 aliphatic carbocycles. The molecule has 0 aliphatic rings. The normalized spacial score (nSPS) is 11.7. The molecule has 0 spiro atoms. The summed E-state index contributed by atoms with van der Waals surface area (Å²) in [5, 5.41) is 0. The highest BCUT2D eigenvalue weighted by Crippen LogP contribution is 2.10. The van der Waals surface area contributed by atoms with Gasteiger partial charge in [-0.2, -0.15) is 0 Å². The van der Waals surface area contributed by atoms with Gasteiger partial charge in [0.15, 0.2) is 0 Å². The third-order valence-corrected chi connectivity index (χ3v) is 3.65. The third kappa shape index (κ3) is 17.2. The van der Waals surface area contributed by atoms with Gasteiger partial charge in [0.05, 0.1) is 0 Å². The van der Waals surface area contributed by atoms with Gasteiger partial charge >= 0.3 is 0 Å². The van der Waals surface area contributed by atoms with Crippen LogP contribution in [0.4, 0.5) is 0 Å². The van der Waals surface area contributed by atoms with Gasteiger partial charge < -0.3 is 0 Å². The van der Waals surface area contributed by atoms with Gasteiger partial charge in [0.1, 0.15) is 0 Å². The summed E-state index contributed by atoms with van der Waals surface area (Å²) < 4.78 is 0. The number of rotatable bonds is 15. The van der Waals surface area contributed by atoms with Crippen molar-refractivity contribution in [3.63, 3.8) is 0 Å². The average molecular weight is 277 g/mol. The van der Waals surface area contributed by atoms with E-state index in [2.05, 4.69) is 31.7 Å². The van der Waals surface area contributed by atoms with E-state index in [-0.39, 0.29) is 0 Å². The molecular weight excluding hydrogens is 240 g/mol. The summed E-state index contributed by atoms with van der Waals surface area (Å²) in [6.45, 7) is 5.95. The van der Waals surface area contributed by atoms with Crippen molar-refractivity contribution in [3.8, 4) is 0 Å². The van der Waals surface area contributed by atoms with Crippen molar-refractivity contribution in [1.82, 2.24) is 0 Å². The Kier molecular flexibility index (Phi) is 17.5. The van der Waals surface area contributed by atoms with Crippen LogP contribution < -0.4 is 0 Å². The maximum absolute atomic E-state index is 3.67. The molecule has 0 heteroatoms. The molecule has 0 saturated carbocycles. The molecule has 0 heterocycles. The molecule has 0 N–H and O–H groups in total. The van der Waals surface area contributed by atoms with E-state index >= 15 is 0 Å². The SMILES string of the molecule is C=C/C=C\CCCCC=CCCCCCCCCCC. The molecule has 0 unspecified atom stereocenters. The van der Waals surface area contributed by atoms with Gasteiger partial charge in [-0.25, -0.2) is 0 Å². The Morgan fingerprint density at radius 2 is 1.05 bits per heavy atom. The van der Waals surface area contributed by atoms with Gasteiger partial charge in [-0.3, -0.25) is 0 Å². The van der Waals surface area contributed by atoms with Gasteiger partial charge in [-0.1, -0.05) is 88.8 Å². The van der Waals surface area contributed by atoms with Crippen LogP contribution in [0, 0.1) is 0 Å². The fourth-order valence-electron chi connectivity index (χ4n) is 2.35. The van der Waals surface area contributed by atoms with Gasteiger partial charge in [0, 0.05) is 0 Å². The van der Waals surface area contributed by atoms with Crippen LogP contribution in [0.15, 0.2) is 37.0 Å². The van der Waals surface area contributed by atoms with Gasteiger partial charge in [0.25, 0.3) is 0 Å². The first-order chi connectivity index (χ1) is 9.91. The summed E-state index contributed by atoms with van der Waals surface area (Å²) in [5.74, 6) is 0. The summed E-state index contributed by atoms with van der Waals surface area (Å²) in [5.41, 5.74) is 0. The van der Waals surface area contributed by atoms with Crippen molar-refractivity contribution in [3.05, 3.63) is 37.0 Å². The Balaban J connectivity index is 3.08. The topological polar surface area (TPSA) is 0 Å². The van der Waals surface area contributed by atoms with E-state index in [1.165, 1.54) is 83.5 Å². The second-order valence-corrected chi connectivity index (χ2v) is 5.68. The van der Waals surface area contributed by atoms with Crippen molar-refractivity contribution in [2.24, 2.45) is 0 Å². The Bertz CT molecular complexity index is 234. The van der Waals surface area contributed by atoms with Crippen LogP contribution in [0.1, 0.15) is 90.4 Å². The highest BCUT2D eigenvalue weighted by atomic mass is 14.0. The quantitative estimate of drug-likeness (QED) is 0.166. The van der Waals surface area contributed by atoms with E-state index in [0.29, 0.717) is 0 Å². The minimum Gasteiger partial charge on any atom is -0.0991 e. The monoisotopic (exact) mass is 276 g/mol. The lowest BCUT2D eigenvalue weighted by Crippen LogP contribution is -1.80. The molecule has 20 heavy (non-hydrogen) atoms. The van der Waals surface area contributed by atoms with Crippen molar-refractivity contribution in [1.29, 1.82) is 0 Å². The zero-order valence-corrected chi connectivity index (χ0v) is 13.8. The number of hydrogen-bond acceptors (Lipinski definition) is 0. The molecule has 0 aromatic rings. The van der Waals surface area contributed by atoms with Gasteiger partial charge in [0.2, 0.25) is 0 Å². The molecule has 0 nitrogen and oxygen atoms in total. The van der Waals surface area contributed by atoms with Crippen LogP contribution in [0.3, 0.4) is 0 Å². The van der Waals surface area contributed by atoms with E-state index in [0.717, 1.165) is 0 Å². The molecule has 0 atom stereocenters. The molecule has 0 rings (SSSR count). The molecule has 0 saturated heterocycles. The first-order valence-electron chi connectivity index (χ1n) is 8.84. The maximum atomic E-state index is 3.67. The van der Waals surface area contributed by atoms with Crippen LogP contribution in [0.2, 0.25) is 0 Å². The highest BCUT2D eigenvalue weighted by molar-refractivity contribution is 4.96. The first-order valence-corrected chi connectivity index (χ1v) is 8.84. The molecular formula is C20H36. The zero-order valence-electron chi connectivity index (χ0n) is 13.8. The van der Waals surface area contributed by atoms with E-state index in [1.807, 2.05) is 12.2 Å². The van der Waals surface area contributed by atoms with Crippen LogP contribution in [0.5, 0.6) is 0 Å².